The number of carbonyl (C=O) groups is 1. The largest absolute Gasteiger partial charge is 0.388 e. The molecule has 2 rings (SSSR count). The first-order valence-corrected chi connectivity index (χ1v) is 8.90. The van der Waals surface area contributed by atoms with Gasteiger partial charge in [0, 0.05) is 15.1 Å². The number of aliphatic hydroxyl groups is 1. The Balaban J connectivity index is 2.05. The standard InChI is InChI=1S/C15H18Cl2INO2/c16-10-7-11(13(18)12(17)8-10)14(20)19-9-15(21)5-3-1-2-4-6-15/h7-8,21H,1-6,9H2,(H,19,20). The number of rotatable bonds is 3. The number of hydrogen-bond donors (Lipinski definition) is 2. The highest BCUT2D eigenvalue weighted by Crippen LogP contribution is 2.28. The fourth-order valence-corrected chi connectivity index (χ4v) is 3.67. The third kappa shape index (κ3) is 4.71. The lowest BCUT2D eigenvalue weighted by molar-refractivity contribution is 0.0246. The van der Waals surface area contributed by atoms with Crippen molar-refractivity contribution in [2.24, 2.45) is 0 Å². The van der Waals surface area contributed by atoms with Crippen molar-refractivity contribution in [2.45, 2.75) is 44.1 Å². The average molecular weight is 442 g/mol. The molecule has 0 spiro atoms. The van der Waals surface area contributed by atoms with Crippen molar-refractivity contribution in [3.05, 3.63) is 31.3 Å². The molecule has 1 aliphatic carbocycles. The number of benzene rings is 1. The Morgan fingerprint density at radius 2 is 1.86 bits per heavy atom. The van der Waals surface area contributed by atoms with E-state index in [1.54, 1.807) is 12.1 Å². The molecule has 1 aliphatic rings. The van der Waals surface area contributed by atoms with Gasteiger partial charge in [-0.2, -0.15) is 0 Å². The van der Waals surface area contributed by atoms with Crippen LogP contribution in [-0.4, -0.2) is 23.2 Å². The predicted octanol–water partition coefficient (Wildman–Crippen LogP) is 4.41. The van der Waals surface area contributed by atoms with Gasteiger partial charge in [-0.25, -0.2) is 0 Å². The molecule has 1 amide bonds. The third-order valence-corrected chi connectivity index (χ3v) is 5.85. The molecule has 21 heavy (non-hydrogen) atoms. The summed E-state index contributed by atoms with van der Waals surface area (Å²) in [6.07, 6.45) is 5.79. The average Bonchev–Trinajstić information content (AvgIpc) is 2.65. The van der Waals surface area contributed by atoms with Crippen molar-refractivity contribution in [1.29, 1.82) is 0 Å². The molecule has 0 atom stereocenters. The summed E-state index contributed by atoms with van der Waals surface area (Å²) in [7, 11) is 0. The Hall–Kier alpha value is -0.0400. The van der Waals surface area contributed by atoms with Crippen molar-refractivity contribution in [1.82, 2.24) is 5.32 Å². The summed E-state index contributed by atoms with van der Waals surface area (Å²) in [5, 5.41) is 14.3. The van der Waals surface area contributed by atoms with Gasteiger partial charge in [-0.3, -0.25) is 4.79 Å². The Morgan fingerprint density at radius 3 is 2.48 bits per heavy atom. The van der Waals surface area contributed by atoms with Gasteiger partial charge >= 0.3 is 0 Å². The van der Waals surface area contributed by atoms with Crippen molar-refractivity contribution in [2.75, 3.05) is 6.54 Å². The van der Waals surface area contributed by atoms with Gasteiger partial charge in [0.1, 0.15) is 0 Å². The van der Waals surface area contributed by atoms with E-state index in [1.165, 1.54) is 0 Å². The van der Waals surface area contributed by atoms with Crippen molar-refractivity contribution in [3.8, 4) is 0 Å². The maximum Gasteiger partial charge on any atom is 0.252 e. The molecular formula is C15H18Cl2INO2. The summed E-state index contributed by atoms with van der Waals surface area (Å²) in [6.45, 7) is 0.270. The van der Waals surface area contributed by atoms with Crippen LogP contribution in [0.4, 0.5) is 0 Å². The number of nitrogens with one attached hydrogen (secondary N) is 1. The summed E-state index contributed by atoms with van der Waals surface area (Å²) < 4.78 is 0.670. The molecule has 0 aromatic heterocycles. The molecule has 0 heterocycles. The van der Waals surface area contributed by atoms with Crippen LogP contribution >= 0.6 is 45.8 Å². The quantitative estimate of drug-likeness (QED) is 0.414. The summed E-state index contributed by atoms with van der Waals surface area (Å²) in [4.78, 5) is 12.3. The monoisotopic (exact) mass is 441 g/mol. The van der Waals surface area contributed by atoms with E-state index in [0.29, 0.717) is 19.2 Å². The van der Waals surface area contributed by atoms with E-state index in [0.717, 1.165) is 38.5 Å². The normalized spacial score (nSPS) is 18.1. The van der Waals surface area contributed by atoms with Crippen LogP contribution in [0.3, 0.4) is 0 Å². The second-order valence-corrected chi connectivity index (χ2v) is 7.49. The van der Waals surface area contributed by atoms with Gasteiger partial charge in [0.2, 0.25) is 0 Å². The topological polar surface area (TPSA) is 49.3 Å². The molecule has 1 saturated carbocycles. The summed E-state index contributed by atoms with van der Waals surface area (Å²) in [5.41, 5.74) is -0.342. The highest BCUT2D eigenvalue weighted by Gasteiger charge is 2.28. The van der Waals surface area contributed by atoms with Gasteiger partial charge in [-0.15, -0.1) is 0 Å². The molecule has 0 bridgehead atoms. The van der Waals surface area contributed by atoms with E-state index < -0.39 is 5.60 Å². The zero-order valence-electron chi connectivity index (χ0n) is 11.6. The Bertz CT molecular complexity index is 529. The maximum atomic E-state index is 12.3. The van der Waals surface area contributed by atoms with Gasteiger partial charge in [0.25, 0.3) is 5.91 Å². The summed E-state index contributed by atoms with van der Waals surface area (Å²) in [6, 6.07) is 3.21. The Kier molecular flexibility index (Phi) is 6.17. The lowest BCUT2D eigenvalue weighted by atomic mass is 9.94. The van der Waals surface area contributed by atoms with Gasteiger partial charge in [0.15, 0.2) is 0 Å². The first kappa shape index (κ1) is 17.3. The summed E-state index contributed by atoms with van der Waals surface area (Å²) in [5.74, 6) is -0.249. The van der Waals surface area contributed by atoms with Gasteiger partial charge in [0.05, 0.1) is 16.2 Å². The number of carbonyl (C=O) groups excluding carboxylic acids is 1. The highest BCUT2D eigenvalue weighted by molar-refractivity contribution is 14.1. The predicted molar refractivity (Wildman–Crippen MR) is 94.2 cm³/mol. The minimum Gasteiger partial charge on any atom is -0.388 e. The van der Waals surface area contributed by atoms with Crippen LogP contribution < -0.4 is 5.32 Å². The lowest BCUT2D eigenvalue weighted by Gasteiger charge is -2.27. The van der Waals surface area contributed by atoms with E-state index in [9.17, 15) is 9.90 Å². The molecule has 1 aromatic carbocycles. The summed E-state index contributed by atoms with van der Waals surface area (Å²) >= 11 is 14.0. The van der Waals surface area contributed by atoms with Crippen LogP contribution in [-0.2, 0) is 0 Å². The van der Waals surface area contributed by atoms with Crippen molar-refractivity contribution < 1.29 is 9.90 Å². The zero-order valence-corrected chi connectivity index (χ0v) is 15.3. The highest BCUT2D eigenvalue weighted by atomic mass is 127. The molecule has 1 aromatic rings. The molecule has 0 aliphatic heterocycles. The fourth-order valence-electron chi connectivity index (χ4n) is 2.62. The van der Waals surface area contributed by atoms with Gasteiger partial charge < -0.3 is 10.4 Å². The second-order valence-electron chi connectivity index (χ2n) is 5.57. The number of amides is 1. The van der Waals surface area contributed by atoms with E-state index in [1.807, 2.05) is 22.6 Å². The van der Waals surface area contributed by atoms with E-state index >= 15 is 0 Å². The van der Waals surface area contributed by atoms with Gasteiger partial charge in [-0.05, 0) is 47.6 Å². The number of halogens is 3. The molecule has 3 nitrogen and oxygen atoms in total. The maximum absolute atomic E-state index is 12.3. The molecule has 0 saturated heterocycles. The Labute approximate surface area is 148 Å². The van der Waals surface area contributed by atoms with E-state index in [-0.39, 0.29) is 12.5 Å². The van der Waals surface area contributed by atoms with Crippen LogP contribution in [0.25, 0.3) is 0 Å². The third-order valence-electron chi connectivity index (χ3n) is 3.85. The molecule has 1 fully saturated rings. The van der Waals surface area contributed by atoms with E-state index in [4.69, 9.17) is 23.2 Å². The molecule has 0 radical (unpaired) electrons. The zero-order chi connectivity index (χ0) is 15.5. The van der Waals surface area contributed by atoms with Crippen LogP contribution in [0, 0.1) is 3.57 Å². The minimum absolute atomic E-state index is 0.249. The SMILES string of the molecule is O=C(NCC1(O)CCCCCC1)c1cc(Cl)cc(Cl)c1I. The molecule has 6 heteroatoms. The molecule has 2 N–H and O–H groups in total. The first-order valence-electron chi connectivity index (χ1n) is 7.06. The van der Waals surface area contributed by atoms with Crippen LogP contribution in [0.2, 0.25) is 10.0 Å². The minimum atomic E-state index is -0.792. The Morgan fingerprint density at radius 1 is 1.24 bits per heavy atom. The van der Waals surface area contributed by atoms with Gasteiger partial charge in [-0.1, -0.05) is 48.9 Å². The molecule has 0 unspecified atom stereocenters. The smallest absolute Gasteiger partial charge is 0.252 e. The van der Waals surface area contributed by atoms with Crippen LogP contribution in [0.15, 0.2) is 12.1 Å². The van der Waals surface area contributed by atoms with Crippen molar-refractivity contribution >= 4 is 51.7 Å². The van der Waals surface area contributed by atoms with Crippen molar-refractivity contribution in [3.63, 3.8) is 0 Å². The fraction of sp³-hybridized carbons (Fsp3) is 0.533. The molecule has 116 valence electrons. The second kappa shape index (κ2) is 7.49. The van der Waals surface area contributed by atoms with E-state index in [2.05, 4.69) is 5.32 Å². The first-order chi connectivity index (χ1) is 9.91. The van der Waals surface area contributed by atoms with Crippen LogP contribution in [0.5, 0.6) is 0 Å². The lowest BCUT2D eigenvalue weighted by Crippen LogP contribution is -2.42. The molecular weight excluding hydrogens is 424 g/mol. The van der Waals surface area contributed by atoms with Crippen LogP contribution in [0.1, 0.15) is 48.9 Å². The number of hydrogen-bond acceptors (Lipinski definition) is 2.